The van der Waals surface area contributed by atoms with Crippen molar-refractivity contribution in [3.05, 3.63) is 51.8 Å². The molecule has 0 unspecified atom stereocenters. The molecular weight excluding hydrogens is 370 g/mol. The van der Waals surface area contributed by atoms with Crippen molar-refractivity contribution >= 4 is 33.2 Å². The third-order valence-electron chi connectivity index (χ3n) is 6.09. The highest BCUT2D eigenvalue weighted by Crippen LogP contribution is 2.34. The molecule has 5 rings (SSSR count). The van der Waals surface area contributed by atoms with Crippen molar-refractivity contribution in [2.75, 3.05) is 13.1 Å². The van der Waals surface area contributed by atoms with E-state index in [0.29, 0.717) is 18.0 Å². The summed E-state index contributed by atoms with van der Waals surface area (Å²) in [5.74, 6) is 0.618. The van der Waals surface area contributed by atoms with Gasteiger partial charge in [0.1, 0.15) is 5.69 Å². The molecule has 0 saturated carbocycles. The number of aromatic amines is 1. The first-order chi connectivity index (χ1) is 13.6. The fourth-order valence-electron chi connectivity index (χ4n) is 4.54. The van der Waals surface area contributed by atoms with E-state index < -0.39 is 0 Å². The number of fused-ring (bicyclic) bond motifs is 2. The number of hydrogen-bond donors (Lipinski definition) is 1. The second kappa shape index (κ2) is 6.85. The molecule has 6 heteroatoms. The summed E-state index contributed by atoms with van der Waals surface area (Å²) in [6, 6.07) is 8.25. The van der Waals surface area contributed by atoms with Crippen LogP contribution >= 0.6 is 11.3 Å². The number of likely N-dealkylation sites (tertiary alicyclic amines) is 1. The number of H-pyrrole nitrogens is 1. The molecule has 0 radical (unpaired) electrons. The van der Waals surface area contributed by atoms with Gasteiger partial charge in [0.15, 0.2) is 5.78 Å². The van der Waals surface area contributed by atoms with Gasteiger partial charge in [0.05, 0.1) is 15.2 Å². The molecule has 0 bridgehead atoms. The minimum absolute atomic E-state index is 0.0300. The minimum atomic E-state index is 0.0300. The Balaban J connectivity index is 1.32. The molecule has 144 valence electrons. The Morgan fingerprint density at radius 3 is 2.75 bits per heavy atom. The van der Waals surface area contributed by atoms with Crippen molar-refractivity contribution in [1.82, 2.24) is 14.9 Å². The summed E-state index contributed by atoms with van der Waals surface area (Å²) in [7, 11) is 0. The van der Waals surface area contributed by atoms with E-state index in [4.69, 9.17) is 4.98 Å². The Bertz CT molecular complexity index is 1040. The molecule has 28 heavy (non-hydrogen) atoms. The highest BCUT2D eigenvalue weighted by Gasteiger charge is 2.31. The van der Waals surface area contributed by atoms with Crippen molar-refractivity contribution in [3.8, 4) is 0 Å². The summed E-state index contributed by atoms with van der Waals surface area (Å²) in [6.07, 6.45) is 4.18. The fraction of sp³-hybridized carbons (Fsp3) is 0.409. The molecule has 1 saturated heterocycles. The van der Waals surface area contributed by atoms with Gasteiger partial charge in [-0.15, -0.1) is 11.3 Å². The first kappa shape index (κ1) is 17.6. The maximum absolute atomic E-state index is 13.1. The molecule has 2 aliphatic rings. The molecule has 1 aliphatic carbocycles. The number of amides is 1. The van der Waals surface area contributed by atoms with Crippen LogP contribution in [-0.4, -0.2) is 39.6 Å². The first-order valence-corrected chi connectivity index (χ1v) is 10.8. The van der Waals surface area contributed by atoms with Crippen molar-refractivity contribution in [2.24, 2.45) is 0 Å². The summed E-state index contributed by atoms with van der Waals surface area (Å²) in [5, 5.41) is 1.19. The van der Waals surface area contributed by atoms with Gasteiger partial charge in [-0.25, -0.2) is 4.98 Å². The lowest BCUT2D eigenvalue weighted by atomic mass is 9.93. The van der Waals surface area contributed by atoms with E-state index in [0.717, 1.165) is 61.1 Å². The number of nitrogens with one attached hydrogen (secondary N) is 1. The number of aryl methyl sites for hydroxylation is 1. The topological polar surface area (TPSA) is 66.1 Å². The van der Waals surface area contributed by atoms with Gasteiger partial charge in [-0.3, -0.25) is 9.59 Å². The summed E-state index contributed by atoms with van der Waals surface area (Å²) in [6.45, 7) is 3.37. The zero-order valence-corrected chi connectivity index (χ0v) is 16.8. The lowest BCUT2D eigenvalue weighted by Gasteiger charge is -2.31. The first-order valence-electron chi connectivity index (χ1n) is 10.0. The van der Waals surface area contributed by atoms with Gasteiger partial charge >= 0.3 is 0 Å². The number of Topliss-reactive ketones (excluding diaryl/α,β-unsaturated/α-hetero) is 1. The van der Waals surface area contributed by atoms with Crippen LogP contribution in [0.15, 0.2) is 24.3 Å². The molecule has 3 heterocycles. The second-order valence-electron chi connectivity index (χ2n) is 7.84. The molecule has 0 atom stereocenters. The van der Waals surface area contributed by atoms with Gasteiger partial charge < -0.3 is 9.88 Å². The normalized spacial score (nSPS) is 17.9. The van der Waals surface area contributed by atoms with E-state index in [1.54, 1.807) is 11.3 Å². The van der Waals surface area contributed by atoms with Crippen LogP contribution in [0.25, 0.3) is 10.2 Å². The van der Waals surface area contributed by atoms with Gasteiger partial charge in [0, 0.05) is 36.7 Å². The van der Waals surface area contributed by atoms with E-state index in [1.165, 1.54) is 9.71 Å². The fourth-order valence-corrected chi connectivity index (χ4v) is 5.68. The SMILES string of the molecule is Cc1c(C(=O)N2CCC(c3nc4ccccc4s3)CC2)[nH]c2c1C(=O)CCC2. The van der Waals surface area contributed by atoms with Crippen molar-refractivity contribution < 1.29 is 9.59 Å². The Morgan fingerprint density at radius 2 is 2.00 bits per heavy atom. The Labute approximate surface area is 167 Å². The number of aromatic nitrogens is 2. The van der Waals surface area contributed by atoms with Crippen LogP contribution in [0.1, 0.15) is 68.7 Å². The van der Waals surface area contributed by atoms with E-state index in [2.05, 4.69) is 23.2 Å². The third-order valence-corrected chi connectivity index (χ3v) is 7.29. The Hall–Kier alpha value is -2.47. The molecule has 1 N–H and O–H groups in total. The number of hydrogen-bond acceptors (Lipinski definition) is 4. The lowest BCUT2D eigenvalue weighted by Crippen LogP contribution is -2.38. The molecule has 1 amide bonds. The number of carbonyl (C=O) groups excluding carboxylic acids is 2. The molecule has 2 aromatic heterocycles. The van der Waals surface area contributed by atoms with E-state index in [1.807, 2.05) is 17.9 Å². The number of nitrogens with zero attached hydrogens (tertiary/aromatic N) is 2. The Kier molecular flexibility index (Phi) is 4.31. The molecule has 0 spiro atoms. The zero-order valence-electron chi connectivity index (χ0n) is 16.0. The minimum Gasteiger partial charge on any atom is -0.354 e. The summed E-state index contributed by atoms with van der Waals surface area (Å²) >= 11 is 1.77. The maximum Gasteiger partial charge on any atom is 0.270 e. The van der Waals surface area contributed by atoms with Crippen LogP contribution in [0.2, 0.25) is 0 Å². The highest BCUT2D eigenvalue weighted by molar-refractivity contribution is 7.18. The van der Waals surface area contributed by atoms with Crippen molar-refractivity contribution in [2.45, 2.75) is 44.9 Å². The molecule has 5 nitrogen and oxygen atoms in total. The smallest absolute Gasteiger partial charge is 0.270 e. The van der Waals surface area contributed by atoms with E-state index >= 15 is 0 Å². The summed E-state index contributed by atoms with van der Waals surface area (Å²) in [4.78, 5) is 35.3. The number of para-hydroxylation sites is 1. The zero-order chi connectivity index (χ0) is 19.3. The molecule has 1 aliphatic heterocycles. The van der Waals surface area contributed by atoms with Crippen LogP contribution in [0.5, 0.6) is 0 Å². The second-order valence-corrected chi connectivity index (χ2v) is 8.90. The monoisotopic (exact) mass is 393 g/mol. The predicted octanol–water partition coefficient (Wildman–Crippen LogP) is 4.47. The summed E-state index contributed by atoms with van der Waals surface area (Å²) in [5.41, 5.74) is 4.22. The van der Waals surface area contributed by atoms with Crippen LogP contribution < -0.4 is 0 Å². The van der Waals surface area contributed by atoms with Crippen LogP contribution in [0.3, 0.4) is 0 Å². The van der Waals surface area contributed by atoms with Crippen molar-refractivity contribution in [3.63, 3.8) is 0 Å². The van der Waals surface area contributed by atoms with Crippen LogP contribution in [0, 0.1) is 6.92 Å². The van der Waals surface area contributed by atoms with Gasteiger partial charge in [-0.1, -0.05) is 12.1 Å². The van der Waals surface area contributed by atoms with Gasteiger partial charge in [-0.05, 0) is 50.3 Å². The van der Waals surface area contributed by atoms with Crippen molar-refractivity contribution in [1.29, 1.82) is 0 Å². The van der Waals surface area contributed by atoms with Gasteiger partial charge in [0.25, 0.3) is 5.91 Å². The van der Waals surface area contributed by atoms with Gasteiger partial charge in [-0.2, -0.15) is 0 Å². The van der Waals surface area contributed by atoms with E-state index in [9.17, 15) is 9.59 Å². The lowest BCUT2D eigenvalue weighted by molar-refractivity contribution is 0.0706. The molecule has 1 fully saturated rings. The van der Waals surface area contributed by atoms with Gasteiger partial charge in [0.2, 0.25) is 0 Å². The maximum atomic E-state index is 13.1. The molecule has 1 aromatic carbocycles. The Morgan fingerprint density at radius 1 is 1.21 bits per heavy atom. The number of thiazole rings is 1. The highest BCUT2D eigenvalue weighted by atomic mass is 32.1. The third kappa shape index (κ3) is 2.87. The molecule has 3 aromatic rings. The summed E-state index contributed by atoms with van der Waals surface area (Å²) < 4.78 is 1.23. The quantitative estimate of drug-likeness (QED) is 0.698. The van der Waals surface area contributed by atoms with E-state index in [-0.39, 0.29) is 11.7 Å². The van der Waals surface area contributed by atoms with Crippen LogP contribution in [-0.2, 0) is 6.42 Å². The largest absolute Gasteiger partial charge is 0.354 e. The number of ketones is 1. The standard InChI is InChI=1S/C22H23N3O2S/c1-13-19-16(6-4-7-17(19)26)23-20(13)22(27)25-11-9-14(10-12-25)21-24-15-5-2-3-8-18(15)28-21/h2-3,5,8,14,23H,4,6-7,9-12H2,1H3. The number of piperidine rings is 1. The van der Waals surface area contributed by atoms with Crippen LogP contribution in [0.4, 0.5) is 0 Å². The molecular formula is C22H23N3O2S. The average Bonchev–Trinajstić information content (AvgIpc) is 3.30. The number of rotatable bonds is 2. The average molecular weight is 394 g/mol. The number of carbonyl (C=O) groups is 2. The predicted molar refractivity (Wildman–Crippen MR) is 110 cm³/mol. The number of benzene rings is 1.